The second-order valence-electron chi connectivity index (χ2n) is 6.34. The number of amides is 4. The molecule has 4 amide bonds. The minimum absolute atomic E-state index is 0.385. The van der Waals surface area contributed by atoms with Gasteiger partial charge in [0.15, 0.2) is 0 Å². The van der Waals surface area contributed by atoms with Gasteiger partial charge < -0.3 is 32.2 Å². The second kappa shape index (κ2) is 12.2. The number of carbonyl (C=O) groups is 4. The molecule has 0 aromatic carbocycles. The number of primary amides is 2. The predicted molar refractivity (Wildman–Crippen MR) is 93.7 cm³/mol. The first-order valence-electron chi connectivity index (χ1n) is 8.31. The van der Waals surface area contributed by atoms with Crippen LogP contribution < -0.4 is 27.6 Å². The summed E-state index contributed by atoms with van der Waals surface area (Å²) in [7, 11) is 3.87. The van der Waals surface area contributed by atoms with Crippen LogP contribution in [0.4, 0.5) is 0 Å². The quantitative estimate of drug-likeness (QED) is 0.151. The zero-order valence-corrected chi connectivity index (χ0v) is 15.4. The van der Waals surface area contributed by atoms with Crippen LogP contribution in [0.2, 0.25) is 0 Å². The lowest BCUT2D eigenvalue weighted by Crippen LogP contribution is -2.55. The molecule has 3 atom stereocenters. The van der Waals surface area contributed by atoms with Crippen LogP contribution in [0, 0.1) is 0 Å². The Kier molecular flexibility index (Phi) is 11.1. The van der Waals surface area contributed by atoms with Gasteiger partial charge >= 0.3 is 0 Å². The van der Waals surface area contributed by atoms with Crippen molar-refractivity contribution in [1.29, 1.82) is 0 Å². The van der Waals surface area contributed by atoms with Gasteiger partial charge in [-0.05, 0) is 40.4 Å². The Morgan fingerprint density at radius 2 is 1.62 bits per heavy atom. The van der Waals surface area contributed by atoms with E-state index in [0.29, 0.717) is 12.8 Å². The van der Waals surface area contributed by atoms with Gasteiger partial charge in [0.05, 0.1) is 6.42 Å². The number of hydroxylamine groups is 1. The van der Waals surface area contributed by atoms with Crippen molar-refractivity contribution in [2.45, 2.75) is 50.7 Å². The van der Waals surface area contributed by atoms with E-state index in [1.165, 1.54) is 6.92 Å². The van der Waals surface area contributed by atoms with E-state index in [4.69, 9.17) is 16.7 Å². The lowest BCUT2D eigenvalue weighted by atomic mass is 10.1. The standard InChI is InChI=1S/C15H30N6O5/c1-9(14(24)19-11(13(17)23)8-12(16)22)18-15(25)10(20-26)6-4-5-7-21(2)3/h9-11,20,26H,4-8H2,1-3H3,(H2,16,22)(H2,17,23)(H,18,25)(H,19,24)/t9-,10-,11?/m0/s1. The van der Waals surface area contributed by atoms with Crippen molar-refractivity contribution >= 4 is 23.6 Å². The summed E-state index contributed by atoms with van der Waals surface area (Å²) < 4.78 is 0. The average molecular weight is 374 g/mol. The smallest absolute Gasteiger partial charge is 0.242 e. The van der Waals surface area contributed by atoms with Gasteiger partial charge in [0.1, 0.15) is 18.1 Å². The van der Waals surface area contributed by atoms with Crippen molar-refractivity contribution in [3.05, 3.63) is 0 Å². The number of nitrogens with zero attached hydrogens (tertiary/aromatic N) is 1. The van der Waals surface area contributed by atoms with Gasteiger partial charge in [-0.15, -0.1) is 0 Å². The Morgan fingerprint density at radius 1 is 1.00 bits per heavy atom. The number of nitrogens with one attached hydrogen (secondary N) is 3. The normalized spacial score (nSPS) is 14.3. The van der Waals surface area contributed by atoms with Crippen molar-refractivity contribution in [3.8, 4) is 0 Å². The largest absolute Gasteiger partial charge is 0.370 e. The van der Waals surface area contributed by atoms with Crippen LogP contribution in [-0.4, -0.2) is 72.5 Å². The van der Waals surface area contributed by atoms with E-state index in [-0.39, 0.29) is 0 Å². The van der Waals surface area contributed by atoms with Crippen molar-refractivity contribution in [3.63, 3.8) is 0 Å². The minimum Gasteiger partial charge on any atom is -0.370 e. The highest BCUT2D eigenvalue weighted by Crippen LogP contribution is 2.02. The Balaban J connectivity index is 4.53. The highest BCUT2D eigenvalue weighted by Gasteiger charge is 2.26. The fourth-order valence-electron chi connectivity index (χ4n) is 2.13. The number of unbranched alkanes of at least 4 members (excludes halogenated alkanes) is 1. The second-order valence-corrected chi connectivity index (χ2v) is 6.34. The molecule has 150 valence electrons. The SMILES string of the molecule is C[C@H](NC(=O)[C@H](CCCCN(C)C)NO)C(=O)NC(CC(N)=O)C(N)=O. The maximum atomic E-state index is 12.1. The molecular weight excluding hydrogens is 344 g/mol. The monoisotopic (exact) mass is 374 g/mol. The molecule has 26 heavy (non-hydrogen) atoms. The fraction of sp³-hybridized carbons (Fsp3) is 0.733. The van der Waals surface area contributed by atoms with E-state index in [1.807, 2.05) is 24.5 Å². The first kappa shape index (κ1) is 23.8. The third-order valence-electron chi connectivity index (χ3n) is 3.64. The Morgan fingerprint density at radius 3 is 2.08 bits per heavy atom. The van der Waals surface area contributed by atoms with Crippen molar-refractivity contribution < 1.29 is 24.4 Å². The van der Waals surface area contributed by atoms with E-state index in [2.05, 4.69) is 10.6 Å². The fourth-order valence-corrected chi connectivity index (χ4v) is 2.13. The molecule has 0 saturated carbocycles. The molecule has 0 rings (SSSR count). The summed E-state index contributed by atoms with van der Waals surface area (Å²) in [5.41, 5.74) is 12.0. The Labute approximate surface area is 152 Å². The molecule has 8 N–H and O–H groups in total. The maximum absolute atomic E-state index is 12.1. The van der Waals surface area contributed by atoms with Crippen molar-refractivity contribution in [2.75, 3.05) is 20.6 Å². The molecule has 1 unspecified atom stereocenters. The summed E-state index contributed by atoms with van der Waals surface area (Å²) in [6, 6.07) is -3.13. The van der Waals surface area contributed by atoms with Crippen LogP contribution in [0.15, 0.2) is 0 Å². The number of rotatable bonds is 13. The molecule has 0 saturated heterocycles. The summed E-state index contributed by atoms with van der Waals surface area (Å²) in [6.45, 7) is 2.25. The van der Waals surface area contributed by atoms with Gasteiger partial charge in [-0.3, -0.25) is 19.2 Å². The van der Waals surface area contributed by atoms with E-state index in [0.717, 1.165) is 13.0 Å². The highest BCUT2D eigenvalue weighted by molar-refractivity contribution is 5.94. The van der Waals surface area contributed by atoms with E-state index in [1.54, 1.807) is 0 Å². The molecule has 0 aromatic heterocycles. The van der Waals surface area contributed by atoms with Crippen molar-refractivity contribution in [2.24, 2.45) is 11.5 Å². The van der Waals surface area contributed by atoms with Crippen LogP contribution in [0.5, 0.6) is 0 Å². The topological polar surface area (TPSA) is 180 Å². The van der Waals surface area contributed by atoms with Gasteiger partial charge in [0.25, 0.3) is 0 Å². The molecule has 11 heteroatoms. The van der Waals surface area contributed by atoms with E-state index >= 15 is 0 Å². The average Bonchev–Trinajstić information content (AvgIpc) is 2.53. The van der Waals surface area contributed by atoms with E-state index in [9.17, 15) is 19.2 Å². The molecule has 0 aliphatic heterocycles. The number of carbonyl (C=O) groups excluding carboxylic acids is 4. The summed E-state index contributed by atoms with van der Waals surface area (Å²) in [4.78, 5) is 48.3. The van der Waals surface area contributed by atoms with Crippen LogP contribution in [-0.2, 0) is 19.2 Å². The Hall–Kier alpha value is -2.24. The van der Waals surface area contributed by atoms with Gasteiger partial charge in [-0.1, -0.05) is 6.42 Å². The molecule has 0 radical (unpaired) electrons. The number of nitrogens with two attached hydrogens (primary N) is 2. The van der Waals surface area contributed by atoms with Gasteiger partial charge in [0, 0.05) is 0 Å². The third kappa shape index (κ3) is 9.91. The summed E-state index contributed by atoms with van der Waals surface area (Å²) in [5, 5.41) is 13.8. The molecule has 11 nitrogen and oxygen atoms in total. The molecule has 0 bridgehead atoms. The van der Waals surface area contributed by atoms with Gasteiger partial charge in [-0.2, -0.15) is 5.48 Å². The van der Waals surface area contributed by atoms with Crippen LogP contribution in [0.25, 0.3) is 0 Å². The molecule has 0 aromatic rings. The number of hydrogen-bond acceptors (Lipinski definition) is 7. The zero-order valence-electron chi connectivity index (χ0n) is 15.4. The molecule has 0 aliphatic carbocycles. The van der Waals surface area contributed by atoms with Crippen LogP contribution in [0.1, 0.15) is 32.6 Å². The molecule has 0 fully saturated rings. The number of hydrogen-bond donors (Lipinski definition) is 6. The first-order chi connectivity index (χ1) is 12.1. The maximum Gasteiger partial charge on any atom is 0.242 e. The summed E-state index contributed by atoms with van der Waals surface area (Å²) >= 11 is 0. The molecule has 0 spiro atoms. The van der Waals surface area contributed by atoms with Gasteiger partial charge in [0.2, 0.25) is 23.6 Å². The third-order valence-corrected chi connectivity index (χ3v) is 3.64. The van der Waals surface area contributed by atoms with E-state index < -0.39 is 48.2 Å². The lowest BCUT2D eigenvalue weighted by Gasteiger charge is -2.21. The Bertz CT molecular complexity index is 499. The molecular formula is C15H30N6O5. The molecule has 0 aliphatic rings. The highest BCUT2D eigenvalue weighted by atomic mass is 16.5. The first-order valence-corrected chi connectivity index (χ1v) is 8.31. The van der Waals surface area contributed by atoms with Crippen LogP contribution in [0.3, 0.4) is 0 Å². The minimum atomic E-state index is -1.25. The van der Waals surface area contributed by atoms with Crippen molar-refractivity contribution in [1.82, 2.24) is 21.0 Å². The zero-order chi connectivity index (χ0) is 20.3. The van der Waals surface area contributed by atoms with Crippen LogP contribution >= 0.6 is 0 Å². The summed E-state index contributed by atoms with van der Waals surface area (Å²) in [5.74, 6) is -2.97. The lowest BCUT2D eigenvalue weighted by molar-refractivity contribution is -0.133. The molecule has 0 heterocycles. The predicted octanol–water partition coefficient (Wildman–Crippen LogP) is -2.58. The summed E-state index contributed by atoms with van der Waals surface area (Å²) in [6.07, 6.45) is 1.50. The van der Waals surface area contributed by atoms with Gasteiger partial charge in [-0.25, -0.2) is 0 Å².